The Morgan fingerprint density at radius 3 is 2.64 bits per heavy atom. The largest absolute Gasteiger partial charge is 0.466 e. The molecule has 0 saturated carbocycles. The first-order valence-corrected chi connectivity index (χ1v) is 5.27. The average Bonchev–Trinajstić information content (AvgIpc) is 2.13. The van der Waals surface area contributed by atoms with Crippen LogP contribution in [0.3, 0.4) is 0 Å². The Bertz CT molecular complexity index is 166. The van der Waals surface area contributed by atoms with Crippen molar-refractivity contribution in [3.05, 3.63) is 0 Å². The van der Waals surface area contributed by atoms with Crippen LogP contribution in [0.5, 0.6) is 0 Å². The molecular formula is C11H20O3. The summed E-state index contributed by atoms with van der Waals surface area (Å²) in [6.45, 7) is 3.97. The number of carbonyl (C=O) groups is 2. The van der Waals surface area contributed by atoms with Crippen LogP contribution in [0, 0.1) is 5.92 Å². The van der Waals surface area contributed by atoms with E-state index in [9.17, 15) is 9.59 Å². The lowest BCUT2D eigenvalue weighted by molar-refractivity contribution is -0.141. The normalized spacial score (nSPS) is 12.1. The highest BCUT2D eigenvalue weighted by atomic mass is 16.5. The lowest BCUT2D eigenvalue weighted by atomic mass is 9.96. The number of esters is 1. The van der Waals surface area contributed by atoms with Crippen molar-refractivity contribution in [1.29, 1.82) is 0 Å². The van der Waals surface area contributed by atoms with Crippen LogP contribution in [0.4, 0.5) is 0 Å². The average molecular weight is 200 g/mol. The van der Waals surface area contributed by atoms with Crippen molar-refractivity contribution in [3.8, 4) is 0 Å². The molecule has 0 N–H and O–H groups in total. The standard InChI is InChI=1S/C11H20O3/c1-3-4-5-11(6-8-12)7-9-14-10(2)13/h8,11H,3-7,9H2,1-2H3. The van der Waals surface area contributed by atoms with E-state index in [1.807, 2.05) is 0 Å². The second-order valence-corrected chi connectivity index (χ2v) is 3.54. The lowest BCUT2D eigenvalue weighted by Crippen LogP contribution is -2.08. The topological polar surface area (TPSA) is 43.4 Å². The number of hydrogen-bond acceptors (Lipinski definition) is 3. The van der Waals surface area contributed by atoms with E-state index in [1.54, 1.807) is 0 Å². The summed E-state index contributed by atoms with van der Waals surface area (Å²) in [4.78, 5) is 20.9. The van der Waals surface area contributed by atoms with Gasteiger partial charge in [-0.3, -0.25) is 4.79 Å². The van der Waals surface area contributed by atoms with Gasteiger partial charge in [0.25, 0.3) is 0 Å². The van der Waals surface area contributed by atoms with Gasteiger partial charge in [-0.1, -0.05) is 19.8 Å². The highest BCUT2D eigenvalue weighted by molar-refractivity contribution is 5.65. The summed E-state index contributed by atoms with van der Waals surface area (Å²) in [6, 6.07) is 0. The van der Waals surface area contributed by atoms with Crippen LogP contribution >= 0.6 is 0 Å². The predicted molar refractivity (Wildman–Crippen MR) is 54.9 cm³/mol. The molecule has 0 amide bonds. The third-order valence-corrected chi connectivity index (χ3v) is 2.23. The molecule has 0 rings (SSSR count). The number of unbranched alkanes of at least 4 members (excludes halogenated alkanes) is 1. The van der Waals surface area contributed by atoms with Crippen molar-refractivity contribution in [3.63, 3.8) is 0 Å². The van der Waals surface area contributed by atoms with Crippen LogP contribution in [-0.2, 0) is 14.3 Å². The van der Waals surface area contributed by atoms with E-state index in [1.165, 1.54) is 6.92 Å². The van der Waals surface area contributed by atoms with Gasteiger partial charge in [0, 0.05) is 13.3 Å². The van der Waals surface area contributed by atoms with E-state index < -0.39 is 0 Å². The summed E-state index contributed by atoms with van der Waals surface area (Å²) in [7, 11) is 0. The molecule has 0 heterocycles. The Kier molecular flexibility index (Phi) is 8.19. The number of hydrogen-bond donors (Lipinski definition) is 0. The van der Waals surface area contributed by atoms with Crippen molar-refractivity contribution in [1.82, 2.24) is 0 Å². The van der Waals surface area contributed by atoms with Gasteiger partial charge < -0.3 is 9.53 Å². The highest BCUT2D eigenvalue weighted by Gasteiger charge is 2.08. The van der Waals surface area contributed by atoms with Crippen molar-refractivity contribution in [2.24, 2.45) is 5.92 Å². The fourth-order valence-corrected chi connectivity index (χ4v) is 1.38. The zero-order chi connectivity index (χ0) is 10.8. The summed E-state index contributed by atoms with van der Waals surface area (Å²) >= 11 is 0. The molecule has 0 aromatic rings. The molecular weight excluding hydrogens is 180 g/mol. The third kappa shape index (κ3) is 7.77. The summed E-state index contributed by atoms with van der Waals surface area (Å²) in [5.41, 5.74) is 0. The molecule has 3 nitrogen and oxygen atoms in total. The van der Waals surface area contributed by atoms with Crippen LogP contribution < -0.4 is 0 Å². The Balaban J connectivity index is 3.60. The SMILES string of the molecule is CCCCC(CC=O)CCOC(C)=O. The van der Waals surface area contributed by atoms with Gasteiger partial charge in [-0.25, -0.2) is 0 Å². The molecule has 3 heteroatoms. The summed E-state index contributed by atoms with van der Waals surface area (Å²) < 4.78 is 4.84. The number of rotatable bonds is 8. The first-order valence-electron chi connectivity index (χ1n) is 5.27. The predicted octanol–water partition coefficient (Wildman–Crippen LogP) is 2.33. The monoisotopic (exact) mass is 200 g/mol. The van der Waals surface area contributed by atoms with Gasteiger partial charge in [-0.05, 0) is 18.8 Å². The van der Waals surface area contributed by atoms with E-state index in [2.05, 4.69) is 6.92 Å². The Hall–Kier alpha value is -0.860. The third-order valence-electron chi connectivity index (χ3n) is 2.23. The van der Waals surface area contributed by atoms with Gasteiger partial charge in [0.1, 0.15) is 6.29 Å². The van der Waals surface area contributed by atoms with Gasteiger partial charge in [0.2, 0.25) is 0 Å². The van der Waals surface area contributed by atoms with Crippen molar-refractivity contribution in [2.75, 3.05) is 6.61 Å². The highest BCUT2D eigenvalue weighted by Crippen LogP contribution is 2.15. The fourth-order valence-electron chi connectivity index (χ4n) is 1.38. The zero-order valence-electron chi connectivity index (χ0n) is 9.12. The molecule has 0 aromatic carbocycles. The van der Waals surface area contributed by atoms with Crippen LogP contribution in [0.1, 0.15) is 46.0 Å². The molecule has 0 aliphatic carbocycles. The minimum absolute atomic E-state index is 0.245. The van der Waals surface area contributed by atoms with E-state index in [-0.39, 0.29) is 5.97 Å². The van der Waals surface area contributed by atoms with Gasteiger partial charge in [0.15, 0.2) is 0 Å². The van der Waals surface area contributed by atoms with Gasteiger partial charge in [-0.2, -0.15) is 0 Å². The van der Waals surface area contributed by atoms with Crippen molar-refractivity contribution in [2.45, 2.75) is 46.0 Å². The Morgan fingerprint density at radius 2 is 2.14 bits per heavy atom. The quantitative estimate of drug-likeness (QED) is 0.446. The van der Waals surface area contributed by atoms with E-state index in [4.69, 9.17) is 4.74 Å². The molecule has 82 valence electrons. The van der Waals surface area contributed by atoms with Crippen LogP contribution in [0.2, 0.25) is 0 Å². The van der Waals surface area contributed by atoms with Gasteiger partial charge in [0.05, 0.1) is 6.61 Å². The molecule has 1 atom stereocenters. The van der Waals surface area contributed by atoms with Gasteiger partial charge >= 0.3 is 5.97 Å². The van der Waals surface area contributed by atoms with Crippen LogP contribution in [-0.4, -0.2) is 18.9 Å². The smallest absolute Gasteiger partial charge is 0.302 e. The molecule has 0 aliphatic rings. The Labute approximate surface area is 85.8 Å². The summed E-state index contributed by atoms with van der Waals surface area (Å²) in [6.07, 6.45) is 5.67. The number of aldehydes is 1. The van der Waals surface area contributed by atoms with Crippen molar-refractivity contribution < 1.29 is 14.3 Å². The zero-order valence-corrected chi connectivity index (χ0v) is 9.12. The van der Waals surface area contributed by atoms with Crippen LogP contribution in [0.25, 0.3) is 0 Å². The number of ether oxygens (including phenoxy) is 1. The maximum Gasteiger partial charge on any atom is 0.302 e. The maximum absolute atomic E-state index is 10.5. The summed E-state index contributed by atoms with van der Waals surface area (Å²) in [5.74, 6) is 0.136. The van der Waals surface area contributed by atoms with E-state index >= 15 is 0 Å². The maximum atomic E-state index is 10.5. The lowest BCUT2D eigenvalue weighted by Gasteiger charge is -2.12. The molecule has 0 saturated heterocycles. The molecule has 0 aliphatic heterocycles. The van der Waals surface area contributed by atoms with E-state index in [0.717, 1.165) is 32.0 Å². The molecule has 1 unspecified atom stereocenters. The van der Waals surface area contributed by atoms with Crippen molar-refractivity contribution >= 4 is 12.3 Å². The first-order chi connectivity index (χ1) is 6.70. The second-order valence-electron chi connectivity index (χ2n) is 3.54. The molecule has 14 heavy (non-hydrogen) atoms. The molecule has 0 aromatic heterocycles. The summed E-state index contributed by atoms with van der Waals surface area (Å²) in [5, 5.41) is 0. The van der Waals surface area contributed by atoms with Crippen LogP contribution in [0.15, 0.2) is 0 Å². The molecule has 0 bridgehead atoms. The minimum Gasteiger partial charge on any atom is -0.466 e. The second kappa shape index (κ2) is 8.73. The van der Waals surface area contributed by atoms with E-state index in [0.29, 0.717) is 18.9 Å². The molecule has 0 fully saturated rings. The molecule has 0 spiro atoms. The van der Waals surface area contributed by atoms with Gasteiger partial charge in [-0.15, -0.1) is 0 Å². The minimum atomic E-state index is -0.245. The Morgan fingerprint density at radius 1 is 1.43 bits per heavy atom. The first kappa shape index (κ1) is 13.1. The molecule has 0 radical (unpaired) electrons. The number of carbonyl (C=O) groups excluding carboxylic acids is 2. The fraction of sp³-hybridized carbons (Fsp3) is 0.818.